The van der Waals surface area contributed by atoms with Crippen LogP contribution in [-0.4, -0.2) is 26.2 Å². The van der Waals surface area contributed by atoms with Crippen LogP contribution in [0, 0.1) is 5.92 Å². The van der Waals surface area contributed by atoms with Gasteiger partial charge in [-0.1, -0.05) is 19.9 Å². The number of hydrogen-bond donors (Lipinski definition) is 2. The highest BCUT2D eigenvalue weighted by molar-refractivity contribution is 5.57. The first-order chi connectivity index (χ1) is 8.19. The van der Waals surface area contributed by atoms with Crippen LogP contribution >= 0.6 is 0 Å². The fourth-order valence-electron chi connectivity index (χ4n) is 2.14. The molecule has 0 saturated carbocycles. The van der Waals surface area contributed by atoms with Crippen LogP contribution in [-0.2, 0) is 6.42 Å². The van der Waals surface area contributed by atoms with Crippen molar-refractivity contribution < 1.29 is 4.74 Å². The minimum absolute atomic E-state index is 0.540. The van der Waals surface area contributed by atoms with E-state index in [1.807, 2.05) is 6.07 Å². The van der Waals surface area contributed by atoms with Gasteiger partial charge in [-0.15, -0.1) is 0 Å². The molecular weight excluding hydrogens is 212 g/mol. The summed E-state index contributed by atoms with van der Waals surface area (Å²) in [6.45, 7) is 6.55. The van der Waals surface area contributed by atoms with Gasteiger partial charge >= 0.3 is 0 Å². The summed E-state index contributed by atoms with van der Waals surface area (Å²) >= 11 is 0. The van der Waals surface area contributed by atoms with E-state index < -0.39 is 0 Å². The molecule has 3 nitrogen and oxygen atoms in total. The van der Waals surface area contributed by atoms with Crippen molar-refractivity contribution in [1.29, 1.82) is 0 Å². The van der Waals surface area contributed by atoms with E-state index >= 15 is 0 Å². The van der Waals surface area contributed by atoms with E-state index in [0.717, 1.165) is 25.3 Å². The van der Waals surface area contributed by atoms with Crippen LogP contribution in [0.2, 0.25) is 0 Å². The van der Waals surface area contributed by atoms with Crippen molar-refractivity contribution in [2.45, 2.75) is 26.3 Å². The molecule has 0 aromatic heterocycles. The third-order valence-corrected chi connectivity index (χ3v) is 3.14. The highest BCUT2D eigenvalue weighted by atomic mass is 16.5. The van der Waals surface area contributed by atoms with Crippen molar-refractivity contribution in [2.24, 2.45) is 5.92 Å². The third-order valence-electron chi connectivity index (χ3n) is 3.14. The SMILES string of the molecule is COc1ccc2c(c1)NCC(NCC(C)C)C2. The van der Waals surface area contributed by atoms with E-state index in [4.69, 9.17) is 4.74 Å². The summed E-state index contributed by atoms with van der Waals surface area (Å²) in [5, 5.41) is 7.07. The van der Waals surface area contributed by atoms with Crippen LogP contribution in [0.15, 0.2) is 18.2 Å². The molecule has 0 spiro atoms. The summed E-state index contributed by atoms with van der Waals surface area (Å²) in [6.07, 6.45) is 1.10. The zero-order valence-corrected chi connectivity index (χ0v) is 10.9. The van der Waals surface area contributed by atoms with Crippen LogP contribution < -0.4 is 15.4 Å². The first-order valence-electron chi connectivity index (χ1n) is 6.33. The predicted octanol–water partition coefficient (Wildman–Crippen LogP) is 2.28. The first-order valence-corrected chi connectivity index (χ1v) is 6.33. The smallest absolute Gasteiger partial charge is 0.120 e. The fraction of sp³-hybridized carbons (Fsp3) is 0.571. The summed E-state index contributed by atoms with van der Waals surface area (Å²) in [5.74, 6) is 1.62. The van der Waals surface area contributed by atoms with E-state index in [1.165, 1.54) is 11.3 Å². The molecule has 0 radical (unpaired) electrons. The number of hydrogen-bond acceptors (Lipinski definition) is 3. The summed E-state index contributed by atoms with van der Waals surface area (Å²) in [6, 6.07) is 6.81. The van der Waals surface area contributed by atoms with Gasteiger partial charge in [-0.2, -0.15) is 0 Å². The van der Waals surface area contributed by atoms with Crippen molar-refractivity contribution in [1.82, 2.24) is 5.32 Å². The second-order valence-electron chi connectivity index (χ2n) is 5.11. The summed E-state index contributed by atoms with van der Waals surface area (Å²) in [5.41, 5.74) is 2.59. The van der Waals surface area contributed by atoms with Gasteiger partial charge in [-0.3, -0.25) is 0 Å². The number of methoxy groups -OCH3 is 1. The zero-order valence-electron chi connectivity index (χ0n) is 10.9. The van der Waals surface area contributed by atoms with Crippen LogP contribution in [0.4, 0.5) is 5.69 Å². The molecule has 2 rings (SSSR count). The zero-order chi connectivity index (χ0) is 12.3. The lowest BCUT2D eigenvalue weighted by Crippen LogP contribution is -2.41. The van der Waals surface area contributed by atoms with Gasteiger partial charge in [0.25, 0.3) is 0 Å². The minimum Gasteiger partial charge on any atom is -0.497 e. The molecule has 1 atom stereocenters. The largest absolute Gasteiger partial charge is 0.497 e. The van der Waals surface area contributed by atoms with E-state index in [-0.39, 0.29) is 0 Å². The Morgan fingerprint density at radius 2 is 2.29 bits per heavy atom. The summed E-state index contributed by atoms with van der Waals surface area (Å²) in [4.78, 5) is 0. The number of ether oxygens (including phenoxy) is 1. The molecule has 94 valence electrons. The molecule has 1 aliphatic heterocycles. The Kier molecular flexibility index (Phi) is 3.89. The van der Waals surface area contributed by atoms with E-state index in [0.29, 0.717) is 12.0 Å². The van der Waals surface area contributed by atoms with Crippen molar-refractivity contribution in [3.8, 4) is 5.75 Å². The van der Waals surface area contributed by atoms with Crippen LogP contribution in [0.5, 0.6) is 5.75 Å². The monoisotopic (exact) mass is 234 g/mol. The second kappa shape index (κ2) is 5.41. The highest BCUT2D eigenvalue weighted by Crippen LogP contribution is 2.26. The van der Waals surface area contributed by atoms with Gasteiger partial charge in [-0.25, -0.2) is 0 Å². The maximum Gasteiger partial charge on any atom is 0.120 e. The van der Waals surface area contributed by atoms with Gasteiger partial charge in [0.1, 0.15) is 5.75 Å². The normalized spacial score (nSPS) is 18.7. The third kappa shape index (κ3) is 3.13. The van der Waals surface area contributed by atoms with Gasteiger partial charge in [0.15, 0.2) is 0 Å². The topological polar surface area (TPSA) is 33.3 Å². The van der Waals surface area contributed by atoms with E-state index in [2.05, 4.69) is 36.6 Å². The Balaban J connectivity index is 1.99. The molecular formula is C14H22N2O. The van der Waals surface area contributed by atoms with Crippen molar-refractivity contribution in [2.75, 3.05) is 25.5 Å². The van der Waals surface area contributed by atoms with E-state index in [9.17, 15) is 0 Å². The second-order valence-corrected chi connectivity index (χ2v) is 5.11. The number of benzene rings is 1. The van der Waals surface area contributed by atoms with Crippen molar-refractivity contribution >= 4 is 5.69 Å². The molecule has 0 saturated heterocycles. The Labute approximate surface area is 104 Å². The molecule has 2 N–H and O–H groups in total. The lowest BCUT2D eigenvalue weighted by Gasteiger charge is -2.28. The predicted molar refractivity (Wildman–Crippen MR) is 71.8 cm³/mol. The van der Waals surface area contributed by atoms with Crippen molar-refractivity contribution in [3.63, 3.8) is 0 Å². The maximum absolute atomic E-state index is 5.23. The van der Waals surface area contributed by atoms with Gasteiger partial charge in [-0.05, 0) is 30.5 Å². The Hall–Kier alpha value is -1.22. The quantitative estimate of drug-likeness (QED) is 0.838. The molecule has 1 aromatic carbocycles. The molecule has 1 aliphatic rings. The molecule has 0 aliphatic carbocycles. The lowest BCUT2D eigenvalue weighted by atomic mass is 9.99. The van der Waals surface area contributed by atoms with Gasteiger partial charge in [0, 0.05) is 24.3 Å². The molecule has 0 amide bonds. The van der Waals surface area contributed by atoms with Gasteiger partial charge in [0.05, 0.1) is 7.11 Å². The maximum atomic E-state index is 5.23. The fourth-order valence-corrected chi connectivity index (χ4v) is 2.14. The molecule has 1 aromatic rings. The minimum atomic E-state index is 0.540. The van der Waals surface area contributed by atoms with Crippen LogP contribution in [0.3, 0.4) is 0 Å². The number of nitrogens with one attached hydrogen (secondary N) is 2. The lowest BCUT2D eigenvalue weighted by molar-refractivity contribution is 0.414. The molecule has 1 heterocycles. The molecule has 0 fully saturated rings. The van der Waals surface area contributed by atoms with Gasteiger partial charge in [0.2, 0.25) is 0 Å². The standard InChI is InChI=1S/C14H22N2O/c1-10(2)8-15-12-6-11-4-5-13(17-3)7-14(11)16-9-12/h4-5,7,10,12,15-16H,6,8-9H2,1-3H3. The Morgan fingerprint density at radius 3 is 3.00 bits per heavy atom. The summed E-state index contributed by atoms with van der Waals surface area (Å²) < 4.78 is 5.23. The number of fused-ring (bicyclic) bond motifs is 1. The molecule has 0 bridgehead atoms. The average Bonchev–Trinajstić information content (AvgIpc) is 2.35. The van der Waals surface area contributed by atoms with Crippen molar-refractivity contribution in [3.05, 3.63) is 23.8 Å². The highest BCUT2D eigenvalue weighted by Gasteiger charge is 2.18. The Morgan fingerprint density at radius 1 is 1.47 bits per heavy atom. The van der Waals surface area contributed by atoms with E-state index in [1.54, 1.807) is 7.11 Å². The van der Waals surface area contributed by atoms with Gasteiger partial charge < -0.3 is 15.4 Å². The van der Waals surface area contributed by atoms with Crippen LogP contribution in [0.1, 0.15) is 19.4 Å². The molecule has 1 unspecified atom stereocenters. The first kappa shape index (κ1) is 12.2. The molecule has 17 heavy (non-hydrogen) atoms. The number of rotatable bonds is 4. The summed E-state index contributed by atoms with van der Waals surface area (Å²) in [7, 11) is 1.71. The van der Waals surface area contributed by atoms with Crippen LogP contribution in [0.25, 0.3) is 0 Å². The Bertz CT molecular complexity index is 376. The average molecular weight is 234 g/mol. The number of anilines is 1. The molecule has 3 heteroatoms.